The second-order valence-electron chi connectivity index (χ2n) is 4.71. The van der Waals surface area contributed by atoms with Crippen molar-refractivity contribution in [2.45, 2.75) is 25.9 Å². The number of rotatable bonds is 6. The van der Waals surface area contributed by atoms with Crippen molar-refractivity contribution in [1.82, 2.24) is 25.0 Å². The van der Waals surface area contributed by atoms with Crippen LogP contribution in [0.1, 0.15) is 19.5 Å². The lowest BCUT2D eigenvalue weighted by atomic mass is 10.1. The van der Waals surface area contributed by atoms with Crippen LogP contribution in [0.25, 0.3) is 0 Å². The third-order valence-electron chi connectivity index (χ3n) is 2.14. The second kappa shape index (κ2) is 5.11. The largest absolute Gasteiger partial charge is 0.309 e. The van der Waals surface area contributed by atoms with Crippen molar-refractivity contribution in [3.8, 4) is 0 Å². The van der Waals surface area contributed by atoms with Crippen molar-refractivity contribution in [2.24, 2.45) is 7.05 Å². The minimum absolute atomic E-state index is 0.519. The minimum atomic E-state index is -3.19. The fourth-order valence-electron chi connectivity index (χ4n) is 1.51. The second-order valence-corrected chi connectivity index (χ2v) is 6.46. The Hall–Kier alpha value is -0.990. The van der Waals surface area contributed by atoms with Gasteiger partial charge in [-0.15, -0.1) is 5.10 Å². The van der Waals surface area contributed by atoms with E-state index in [0.717, 1.165) is 11.9 Å². The first-order valence-corrected chi connectivity index (χ1v) is 7.12. The lowest BCUT2D eigenvalue weighted by Crippen LogP contribution is -2.49. The van der Waals surface area contributed by atoms with Gasteiger partial charge in [0, 0.05) is 25.7 Å². The summed E-state index contributed by atoms with van der Waals surface area (Å²) in [6.07, 6.45) is 2.82. The Bertz CT molecular complexity index is 465. The molecule has 17 heavy (non-hydrogen) atoms. The van der Waals surface area contributed by atoms with Crippen molar-refractivity contribution < 1.29 is 8.42 Å². The number of nitrogens with zero attached hydrogens (tertiary/aromatic N) is 3. The molecule has 0 aliphatic heterocycles. The number of hydrogen-bond donors (Lipinski definition) is 2. The molecule has 0 bridgehead atoms. The Morgan fingerprint density at radius 3 is 2.59 bits per heavy atom. The van der Waals surface area contributed by atoms with Gasteiger partial charge >= 0.3 is 0 Å². The van der Waals surface area contributed by atoms with E-state index in [1.54, 1.807) is 10.9 Å². The summed E-state index contributed by atoms with van der Waals surface area (Å²) in [6, 6.07) is 0. The molecule has 0 radical (unpaired) electrons. The van der Waals surface area contributed by atoms with E-state index in [1.807, 2.05) is 20.9 Å². The van der Waals surface area contributed by atoms with E-state index in [-0.39, 0.29) is 0 Å². The maximum absolute atomic E-state index is 11.1. The maximum atomic E-state index is 11.1. The zero-order valence-electron chi connectivity index (χ0n) is 10.6. The Kier molecular flexibility index (Phi) is 4.23. The van der Waals surface area contributed by atoms with Crippen molar-refractivity contribution in [2.75, 3.05) is 12.8 Å². The van der Waals surface area contributed by atoms with Crippen LogP contribution in [-0.4, -0.2) is 41.8 Å². The van der Waals surface area contributed by atoms with Gasteiger partial charge in [-0.3, -0.25) is 4.68 Å². The van der Waals surface area contributed by atoms with Crippen LogP contribution < -0.4 is 10.0 Å². The number of hydrogen-bond acceptors (Lipinski definition) is 5. The van der Waals surface area contributed by atoms with Gasteiger partial charge in [-0.1, -0.05) is 5.21 Å². The first kappa shape index (κ1) is 14.1. The molecule has 0 aromatic carbocycles. The van der Waals surface area contributed by atoms with Crippen molar-refractivity contribution in [1.29, 1.82) is 0 Å². The van der Waals surface area contributed by atoms with E-state index in [1.165, 1.54) is 0 Å². The first-order valence-electron chi connectivity index (χ1n) is 5.23. The average Bonchev–Trinajstić information content (AvgIpc) is 2.47. The van der Waals surface area contributed by atoms with Crippen LogP contribution in [0.3, 0.4) is 0 Å². The minimum Gasteiger partial charge on any atom is -0.309 e. The number of sulfonamides is 1. The average molecular weight is 261 g/mol. The molecule has 0 amide bonds. The van der Waals surface area contributed by atoms with E-state index in [4.69, 9.17) is 0 Å². The standard InChI is InChI=1S/C9H19N5O2S/c1-9(2,12-17(4,15)16)7-10-5-8-6-11-13-14(8)3/h6,10,12H,5,7H2,1-4H3. The number of nitrogens with one attached hydrogen (secondary N) is 2. The van der Waals surface area contributed by atoms with E-state index in [9.17, 15) is 8.42 Å². The van der Waals surface area contributed by atoms with Crippen molar-refractivity contribution >= 4 is 10.0 Å². The quantitative estimate of drug-likeness (QED) is 0.702. The normalized spacial score (nSPS) is 12.9. The zero-order chi connectivity index (χ0) is 13.1. The molecule has 1 aromatic heterocycles. The Labute approximate surface area is 102 Å². The van der Waals surface area contributed by atoms with Gasteiger partial charge in [0.15, 0.2) is 0 Å². The topological polar surface area (TPSA) is 88.9 Å². The lowest BCUT2D eigenvalue weighted by Gasteiger charge is -2.25. The predicted molar refractivity (Wildman–Crippen MR) is 64.8 cm³/mol. The SMILES string of the molecule is Cn1nncc1CNCC(C)(C)NS(C)(=O)=O. The summed E-state index contributed by atoms with van der Waals surface area (Å²) in [6.45, 7) is 4.76. The van der Waals surface area contributed by atoms with Crippen LogP contribution in [0, 0.1) is 0 Å². The summed E-state index contributed by atoms with van der Waals surface area (Å²) >= 11 is 0. The van der Waals surface area contributed by atoms with Gasteiger partial charge < -0.3 is 5.32 Å². The van der Waals surface area contributed by atoms with E-state index in [2.05, 4.69) is 20.4 Å². The van der Waals surface area contributed by atoms with Gasteiger partial charge in [0.2, 0.25) is 10.0 Å². The molecule has 0 unspecified atom stereocenters. The monoisotopic (exact) mass is 261 g/mol. The van der Waals surface area contributed by atoms with Crippen molar-refractivity contribution in [3.63, 3.8) is 0 Å². The van der Waals surface area contributed by atoms with Crippen LogP contribution in [0.5, 0.6) is 0 Å². The summed E-state index contributed by atoms with van der Waals surface area (Å²) in [5, 5.41) is 10.7. The van der Waals surface area contributed by atoms with E-state index in [0.29, 0.717) is 13.1 Å². The molecule has 0 aliphatic carbocycles. The van der Waals surface area contributed by atoms with Crippen LogP contribution in [0.2, 0.25) is 0 Å². The smallest absolute Gasteiger partial charge is 0.209 e. The van der Waals surface area contributed by atoms with Gasteiger partial charge in [-0.2, -0.15) is 0 Å². The van der Waals surface area contributed by atoms with Gasteiger partial charge in [0.25, 0.3) is 0 Å². The highest BCUT2D eigenvalue weighted by Gasteiger charge is 2.21. The fourth-order valence-corrected chi connectivity index (χ4v) is 2.59. The summed E-state index contributed by atoms with van der Waals surface area (Å²) in [7, 11) is -1.38. The highest BCUT2D eigenvalue weighted by atomic mass is 32.2. The van der Waals surface area contributed by atoms with Gasteiger partial charge in [0.05, 0.1) is 18.1 Å². The van der Waals surface area contributed by atoms with Crippen LogP contribution in [0.15, 0.2) is 6.20 Å². The first-order chi connectivity index (χ1) is 7.70. The molecule has 0 fully saturated rings. The summed E-state index contributed by atoms with van der Waals surface area (Å²) in [4.78, 5) is 0. The molecule has 2 N–H and O–H groups in total. The molecule has 7 nitrogen and oxygen atoms in total. The molecule has 0 aliphatic rings. The number of aromatic nitrogens is 3. The Balaban J connectivity index is 2.43. The Morgan fingerprint density at radius 2 is 2.12 bits per heavy atom. The molecular weight excluding hydrogens is 242 g/mol. The van der Waals surface area contributed by atoms with Gasteiger partial charge in [-0.05, 0) is 13.8 Å². The Morgan fingerprint density at radius 1 is 1.47 bits per heavy atom. The van der Waals surface area contributed by atoms with E-state index >= 15 is 0 Å². The molecular formula is C9H19N5O2S. The lowest BCUT2D eigenvalue weighted by molar-refractivity contribution is 0.417. The van der Waals surface area contributed by atoms with Crippen LogP contribution in [-0.2, 0) is 23.6 Å². The van der Waals surface area contributed by atoms with E-state index < -0.39 is 15.6 Å². The summed E-state index contributed by atoms with van der Waals surface area (Å²) < 4.78 is 26.5. The molecule has 0 atom stereocenters. The van der Waals surface area contributed by atoms with Crippen molar-refractivity contribution in [3.05, 3.63) is 11.9 Å². The number of aryl methyl sites for hydroxylation is 1. The summed E-state index contributed by atoms with van der Waals surface area (Å²) in [5.74, 6) is 0. The maximum Gasteiger partial charge on any atom is 0.209 e. The molecule has 98 valence electrons. The molecule has 1 aromatic rings. The van der Waals surface area contributed by atoms with Crippen LogP contribution >= 0.6 is 0 Å². The zero-order valence-corrected chi connectivity index (χ0v) is 11.4. The van der Waals surface area contributed by atoms with Gasteiger partial charge in [0.1, 0.15) is 0 Å². The molecule has 1 rings (SSSR count). The predicted octanol–water partition coefficient (Wildman–Crippen LogP) is -0.767. The molecule has 0 saturated heterocycles. The highest BCUT2D eigenvalue weighted by molar-refractivity contribution is 7.88. The molecule has 8 heteroatoms. The summed E-state index contributed by atoms with van der Waals surface area (Å²) in [5.41, 5.74) is 0.416. The van der Waals surface area contributed by atoms with Crippen LogP contribution in [0.4, 0.5) is 0 Å². The third-order valence-corrected chi connectivity index (χ3v) is 3.07. The molecule has 0 saturated carbocycles. The van der Waals surface area contributed by atoms with Gasteiger partial charge in [-0.25, -0.2) is 13.1 Å². The molecule has 0 spiro atoms. The third kappa shape index (κ3) is 5.24. The highest BCUT2D eigenvalue weighted by Crippen LogP contribution is 2.02. The molecule has 1 heterocycles. The fraction of sp³-hybridized carbons (Fsp3) is 0.778.